The fraction of sp³-hybridized carbons (Fsp3) is 0.600. The van der Waals surface area contributed by atoms with Crippen LogP contribution in [0.15, 0.2) is 24.3 Å². The van der Waals surface area contributed by atoms with Crippen molar-refractivity contribution in [3.63, 3.8) is 0 Å². The molecule has 4 rings (SSSR count). The number of carbonyl (C=O) groups excluding carboxylic acids is 2. The Labute approximate surface area is 158 Å². The zero-order valence-corrected chi connectivity index (χ0v) is 15.4. The largest absolute Gasteiger partial charge is 0.508 e. The van der Waals surface area contributed by atoms with E-state index in [1.54, 1.807) is 23.1 Å². The average Bonchev–Trinajstić information content (AvgIpc) is 3.30. The van der Waals surface area contributed by atoms with Gasteiger partial charge in [-0.05, 0) is 37.5 Å². The molecular formula is C20H26N2O5. The fourth-order valence-electron chi connectivity index (χ4n) is 4.28. The van der Waals surface area contributed by atoms with Crippen LogP contribution in [0.4, 0.5) is 0 Å². The lowest BCUT2D eigenvalue weighted by Crippen LogP contribution is -2.66. The third-order valence-electron chi connectivity index (χ3n) is 5.90. The lowest BCUT2D eigenvalue weighted by Gasteiger charge is -2.50. The van der Waals surface area contributed by atoms with Crippen LogP contribution in [0.3, 0.4) is 0 Å². The van der Waals surface area contributed by atoms with Crippen molar-refractivity contribution in [1.82, 2.24) is 9.80 Å². The Balaban J connectivity index is 1.27. The second-order valence-electron chi connectivity index (χ2n) is 7.71. The smallest absolute Gasteiger partial charge is 0.254 e. The molecule has 1 spiro atoms. The molecule has 1 unspecified atom stereocenters. The molecule has 1 N–H and O–H groups in total. The van der Waals surface area contributed by atoms with E-state index in [4.69, 9.17) is 9.47 Å². The quantitative estimate of drug-likeness (QED) is 0.840. The van der Waals surface area contributed by atoms with Gasteiger partial charge in [0.05, 0.1) is 19.7 Å². The van der Waals surface area contributed by atoms with Crippen LogP contribution in [0.2, 0.25) is 0 Å². The molecule has 0 saturated carbocycles. The normalized spacial score (nSPS) is 23.6. The summed E-state index contributed by atoms with van der Waals surface area (Å²) in [6.45, 7) is 3.98. The van der Waals surface area contributed by atoms with Gasteiger partial charge in [0, 0.05) is 31.2 Å². The van der Waals surface area contributed by atoms with Crippen LogP contribution >= 0.6 is 0 Å². The van der Waals surface area contributed by atoms with Crippen LogP contribution in [-0.4, -0.2) is 78.3 Å². The molecule has 0 aliphatic carbocycles. The standard InChI is InChI=1S/C20H26N2O5/c23-17-5-3-4-15(10-17)19(25)22-13-20(14-22)16(6-9-27-20)11-26-12-18(24)21-7-1-2-8-21/h3-5,10,16,23H,1-2,6-9,11-14H2. The topological polar surface area (TPSA) is 79.3 Å². The first-order valence-electron chi connectivity index (χ1n) is 9.65. The highest BCUT2D eigenvalue weighted by molar-refractivity contribution is 5.95. The van der Waals surface area contributed by atoms with Crippen LogP contribution in [0.1, 0.15) is 29.6 Å². The zero-order valence-electron chi connectivity index (χ0n) is 15.4. The van der Waals surface area contributed by atoms with E-state index in [2.05, 4.69) is 0 Å². The van der Waals surface area contributed by atoms with E-state index in [1.807, 2.05) is 4.90 Å². The van der Waals surface area contributed by atoms with Crippen molar-refractivity contribution in [2.24, 2.45) is 5.92 Å². The summed E-state index contributed by atoms with van der Waals surface area (Å²) in [6, 6.07) is 6.39. The summed E-state index contributed by atoms with van der Waals surface area (Å²) < 4.78 is 11.7. The van der Waals surface area contributed by atoms with E-state index in [0.717, 1.165) is 32.4 Å². The van der Waals surface area contributed by atoms with Gasteiger partial charge in [0.1, 0.15) is 18.0 Å². The number of amides is 2. The van der Waals surface area contributed by atoms with Gasteiger partial charge in [-0.1, -0.05) is 6.07 Å². The van der Waals surface area contributed by atoms with E-state index in [0.29, 0.717) is 31.9 Å². The Hall–Kier alpha value is -2.12. The summed E-state index contributed by atoms with van der Waals surface area (Å²) in [5.41, 5.74) is 0.121. The molecule has 1 atom stereocenters. The molecule has 1 aromatic carbocycles. The number of hydrogen-bond acceptors (Lipinski definition) is 5. The van der Waals surface area contributed by atoms with Crippen molar-refractivity contribution in [3.8, 4) is 5.75 Å². The van der Waals surface area contributed by atoms with Crippen LogP contribution in [0.25, 0.3) is 0 Å². The average molecular weight is 374 g/mol. The molecule has 3 fully saturated rings. The zero-order chi connectivity index (χ0) is 18.9. The fourth-order valence-corrected chi connectivity index (χ4v) is 4.28. The van der Waals surface area contributed by atoms with Gasteiger partial charge in [-0.25, -0.2) is 0 Å². The van der Waals surface area contributed by atoms with Gasteiger partial charge in [-0.3, -0.25) is 9.59 Å². The number of benzene rings is 1. The van der Waals surface area contributed by atoms with Crippen LogP contribution in [0, 0.1) is 5.92 Å². The highest BCUT2D eigenvalue weighted by atomic mass is 16.5. The SMILES string of the molecule is O=C(COCC1CCOC12CN(C(=O)c1cccc(O)c1)C2)N1CCCC1. The number of phenols is 1. The van der Waals surface area contributed by atoms with Gasteiger partial charge in [0.25, 0.3) is 5.91 Å². The Morgan fingerprint density at radius 1 is 1.22 bits per heavy atom. The number of ether oxygens (including phenoxy) is 2. The second-order valence-corrected chi connectivity index (χ2v) is 7.71. The highest BCUT2D eigenvalue weighted by Crippen LogP contribution is 2.40. The van der Waals surface area contributed by atoms with Gasteiger partial charge in [-0.15, -0.1) is 0 Å². The third kappa shape index (κ3) is 3.66. The molecule has 3 saturated heterocycles. The van der Waals surface area contributed by atoms with Crippen molar-refractivity contribution >= 4 is 11.8 Å². The summed E-state index contributed by atoms with van der Waals surface area (Å²) in [5, 5.41) is 9.56. The van der Waals surface area contributed by atoms with Gasteiger partial charge in [0.2, 0.25) is 5.91 Å². The minimum atomic E-state index is -0.358. The first-order chi connectivity index (χ1) is 13.1. The number of phenolic OH excluding ortho intramolecular Hbond substituents is 1. The van der Waals surface area contributed by atoms with Gasteiger partial charge >= 0.3 is 0 Å². The van der Waals surface area contributed by atoms with Crippen LogP contribution in [0.5, 0.6) is 5.75 Å². The number of aromatic hydroxyl groups is 1. The highest BCUT2D eigenvalue weighted by Gasteiger charge is 2.54. The monoisotopic (exact) mass is 374 g/mol. The van der Waals surface area contributed by atoms with Gasteiger partial charge < -0.3 is 24.4 Å². The minimum absolute atomic E-state index is 0.0646. The Morgan fingerprint density at radius 2 is 2.00 bits per heavy atom. The first-order valence-corrected chi connectivity index (χ1v) is 9.65. The van der Waals surface area contributed by atoms with E-state index < -0.39 is 0 Å². The van der Waals surface area contributed by atoms with Crippen molar-refractivity contribution in [1.29, 1.82) is 0 Å². The molecule has 3 heterocycles. The Bertz CT molecular complexity index is 710. The van der Waals surface area contributed by atoms with Crippen molar-refractivity contribution < 1.29 is 24.2 Å². The Kier molecular flexibility index (Phi) is 5.06. The van der Waals surface area contributed by atoms with E-state index in [1.165, 1.54) is 6.07 Å². The molecule has 2 amide bonds. The third-order valence-corrected chi connectivity index (χ3v) is 5.90. The number of carbonyl (C=O) groups is 2. The minimum Gasteiger partial charge on any atom is -0.508 e. The van der Waals surface area contributed by atoms with Crippen molar-refractivity contribution in [2.75, 3.05) is 46.0 Å². The summed E-state index contributed by atoms with van der Waals surface area (Å²) in [7, 11) is 0. The molecule has 7 nitrogen and oxygen atoms in total. The summed E-state index contributed by atoms with van der Waals surface area (Å²) in [6.07, 6.45) is 3.04. The van der Waals surface area contributed by atoms with E-state index in [-0.39, 0.29) is 35.7 Å². The molecule has 146 valence electrons. The van der Waals surface area contributed by atoms with Crippen molar-refractivity contribution in [3.05, 3.63) is 29.8 Å². The maximum absolute atomic E-state index is 12.6. The van der Waals surface area contributed by atoms with Crippen LogP contribution in [-0.2, 0) is 14.3 Å². The lowest BCUT2D eigenvalue weighted by atomic mass is 9.81. The number of nitrogens with zero attached hydrogens (tertiary/aromatic N) is 2. The molecule has 7 heteroatoms. The molecule has 1 aromatic rings. The molecule has 0 bridgehead atoms. The molecule has 0 aromatic heterocycles. The molecule has 0 radical (unpaired) electrons. The predicted molar refractivity (Wildman–Crippen MR) is 97.4 cm³/mol. The maximum atomic E-state index is 12.6. The second kappa shape index (κ2) is 7.48. The molecule has 27 heavy (non-hydrogen) atoms. The summed E-state index contributed by atoms with van der Waals surface area (Å²) in [5.74, 6) is 0.241. The maximum Gasteiger partial charge on any atom is 0.254 e. The predicted octanol–water partition coefficient (Wildman–Crippen LogP) is 1.26. The van der Waals surface area contributed by atoms with E-state index >= 15 is 0 Å². The van der Waals surface area contributed by atoms with Gasteiger partial charge in [0.15, 0.2) is 0 Å². The van der Waals surface area contributed by atoms with Crippen LogP contribution < -0.4 is 0 Å². The molecular weight excluding hydrogens is 348 g/mol. The van der Waals surface area contributed by atoms with Gasteiger partial charge in [-0.2, -0.15) is 0 Å². The number of rotatable bonds is 5. The summed E-state index contributed by atoms with van der Waals surface area (Å²) in [4.78, 5) is 28.2. The van der Waals surface area contributed by atoms with Crippen molar-refractivity contribution in [2.45, 2.75) is 24.9 Å². The number of hydrogen-bond donors (Lipinski definition) is 1. The number of likely N-dealkylation sites (tertiary alicyclic amines) is 2. The molecule has 3 aliphatic rings. The molecule has 3 aliphatic heterocycles. The summed E-state index contributed by atoms with van der Waals surface area (Å²) >= 11 is 0. The van der Waals surface area contributed by atoms with E-state index in [9.17, 15) is 14.7 Å². The lowest BCUT2D eigenvalue weighted by molar-refractivity contribution is -0.142. The Morgan fingerprint density at radius 3 is 2.74 bits per heavy atom. The first kappa shape index (κ1) is 18.3.